The molecule has 0 spiro atoms. The molecule has 0 atom stereocenters. The Kier molecular flexibility index (Phi) is 6.38. The van der Waals surface area contributed by atoms with Gasteiger partial charge in [0.2, 0.25) is 0 Å². The maximum atomic E-state index is 5.52. The summed E-state index contributed by atoms with van der Waals surface area (Å²) in [7, 11) is 3.46. The van der Waals surface area contributed by atoms with Gasteiger partial charge in [0.15, 0.2) is 0 Å². The van der Waals surface area contributed by atoms with E-state index in [2.05, 4.69) is 15.9 Å². The van der Waals surface area contributed by atoms with Crippen LogP contribution in [0.2, 0.25) is 0 Å². The first-order valence-electron chi connectivity index (χ1n) is 9.44. The Morgan fingerprint density at radius 3 is 2.29 bits per heavy atom. The van der Waals surface area contributed by atoms with Crippen LogP contribution in [-0.2, 0) is 6.54 Å². The minimum atomic E-state index is 0.904. The molecule has 0 bridgehead atoms. The number of hydrogen-bond acceptors (Lipinski definition) is 4. The van der Waals surface area contributed by atoms with Gasteiger partial charge in [-0.15, -0.1) is 0 Å². The lowest BCUT2D eigenvalue weighted by atomic mass is 9.89. The number of nitrogens with zero attached hydrogens (tertiary/aromatic N) is 2. The summed E-state index contributed by atoms with van der Waals surface area (Å²) < 4.78 is 10.9. The molecule has 0 aromatic heterocycles. The van der Waals surface area contributed by atoms with Gasteiger partial charge in [-0.25, -0.2) is 0 Å². The van der Waals surface area contributed by atoms with E-state index in [0.29, 0.717) is 0 Å². The van der Waals surface area contributed by atoms with Crippen LogP contribution in [0.25, 0.3) is 0 Å². The number of methoxy groups -OCH3 is 2. The van der Waals surface area contributed by atoms with Crippen molar-refractivity contribution in [3.05, 3.63) is 23.8 Å². The molecule has 1 aliphatic heterocycles. The number of benzene rings is 1. The lowest BCUT2D eigenvalue weighted by Crippen LogP contribution is -2.47. The first kappa shape index (κ1) is 17.6. The van der Waals surface area contributed by atoms with Gasteiger partial charge in [-0.3, -0.25) is 4.90 Å². The third-order valence-electron chi connectivity index (χ3n) is 5.59. The van der Waals surface area contributed by atoms with E-state index in [9.17, 15) is 0 Å². The van der Waals surface area contributed by atoms with E-state index in [1.54, 1.807) is 14.2 Å². The van der Waals surface area contributed by atoms with Gasteiger partial charge in [0.05, 0.1) is 14.2 Å². The molecule has 1 aromatic rings. The maximum Gasteiger partial charge on any atom is 0.123 e. The van der Waals surface area contributed by atoms with Crippen molar-refractivity contribution in [1.82, 2.24) is 9.80 Å². The summed E-state index contributed by atoms with van der Waals surface area (Å²) in [5.41, 5.74) is 1.22. The quantitative estimate of drug-likeness (QED) is 0.797. The zero-order chi connectivity index (χ0) is 16.8. The van der Waals surface area contributed by atoms with Gasteiger partial charge in [-0.05, 0) is 37.0 Å². The molecule has 0 unspecified atom stereocenters. The summed E-state index contributed by atoms with van der Waals surface area (Å²) in [4.78, 5) is 5.21. The summed E-state index contributed by atoms with van der Waals surface area (Å²) >= 11 is 0. The van der Waals surface area contributed by atoms with Crippen LogP contribution in [-0.4, -0.2) is 56.7 Å². The molecule has 1 saturated heterocycles. The van der Waals surface area contributed by atoms with Crippen molar-refractivity contribution >= 4 is 0 Å². The normalized spacial score (nSPS) is 20.9. The van der Waals surface area contributed by atoms with Crippen LogP contribution in [0.4, 0.5) is 0 Å². The maximum absolute atomic E-state index is 5.52. The lowest BCUT2D eigenvalue weighted by molar-refractivity contribution is 0.105. The Bertz CT molecular complexity index is 506. The molecule has 4 nitrogen and oxygen atoms in total. The van der Waals surface area contributed by atoms with E-state index in [1.165, 1.54) is 57.3 Å². The average molecular weight is 332 g/mol. The SMILES string of the molecule is COc1ccc(OC)c(CN2CCN(CC3CCCCC3)CC2)c1. The zero-order valence-corrected chi connectivity index (χ0v) is 15.3. The fourth-order valence-corrected chi connectivity index (χ4v) is 4.11. The lowest BCUT2D eigenvalue weighted by Gasteiger charge is -2.37. The van der Waals surface area contributed by atoms with Gasteiger partial charge < -0.3 is 14.4 Å². The molecule has 1 heterocycles. The molecule has 2 aliphatic rings. The highest BCUT2D eigenvalue weighted by atomic mass is 16.5. The zero-order valence-electron chi connectivity index (χ0n) is 15.3. The molecule has 1 saturated carbocycles. The van der Waals surface area contributed by atoms with Crippen molar-refractivity contribution in [2.75, 3.05) is 46.9 Å². The second kappa shape index (κ2) is 8.72. The molecule has 2 fully saturated rings. The average Bonchev–Trinajstić information content (AvgIpc) is 2.64. The highest BCUT2D eigenvalue weighted by Crippen LogP contribution is 2.27. The molecular weight excluding hydrogens is 300 g/mol. The Balaban J connectivity index is 1.50. The van der Waals surface area contributed by atoms with Gasteiger partial charge in [0.1, 0.15) is 11.5 Å². The summed E-state index contributed by atoms with van der Waals surface area (Å²) in [6.07, 6.45) is 7.23. The Morgan fingerprint density at radius 2 is 1.62 bits per heavy atom. The molecule has 1 aromatic carbocycles. The monoisotopic (exact) mass is 332 g/mol. The molecule has 0 amide bonds. The van der Waals surface area contributed by atoms with E-state index in [-0.39, 0.29) is 0 Å². The fraction of sp³-hybridized carbons (Fsp3) is 0.700. The van der Waals surface area contributed by atoms with Gasteiger partial charge >= 0.3 is 0 Å². The van der Waals surface area contributed by atoms with Crippen molar-refractivity contribution in [2.24, 2.45) is 5.92 Å². The van der Waals surface area contributed by atoms with Gasteiger partial charge in [-0.1, -0.05) is 19.3 Å². The molecule has 134 valence electrons. The van der Waals surface area contributed by atoms with Crippen LogP contribution in [0, 0.1) is 5.92 Å². The minimum absolute atomic E-state index is 0.904. The van der Waals surface area contributed by atoms with Crippen molar-refractivity contribution in [2.45, 2.75) is 38.6 Å². The predicted molar refractivity (Wildman–Crippen MR) is 97.8 cm³/mol. The first-order valence-corrected chi connectivity index (χ1v) is 9.44. The Morgan fingerprint density at radius 1 is 0.917 bits per heavy atom. The second-order valence-corrected chi connectivity index (χ2v) is 7.26. The third kappa shape index (κ3) is 4.64. The van der Waals surface area contributed by atoms with Crippen LogP contribution in [0.15, 0.2) is 18.2 Å². The molecule has 0 radical (unpaired) electrons. The molecule has 4 heteroatoms. The molecule has 24 heavy (non-hydrogen) atoms. The van der Waals surface area contributed by atoms with Gasteiger partial charge in [-0.2, -0.15) is 0 Å². The summed E-state index contributed by atoms with van der Waals surface area (Å²) in [6.45, 7) is 6.94. The third-order valence-corrected chi connectivity index (χ3v) is 5.59. The molecule has 3 rings (SSSR count). The topological polar surface area (TPSA) is 24.9 Å². The highest BCUT2D eigenvalue weighted by molar-refractivity contribution is 5.40. The van der Waals surface area contributed by atoms with E-state index < -0.39 is 0 Å². The van der Waals surface area contributed by atoms with Crippen molar-refractivity contribution < 1.29 is 9.47 Å². The first-order chi connectivity index (χ1) is 11.8. The standard InChI is InChI=1S/C20H32N2O2/c1-23-19-8-9-20(24-2)18(14-19)16-22-12-10-21(11-13-22)15-17-6-4-3-5-7-17/h8-9,14,17H,3-7,10-13,15-16H2,1-2H3. The second-order valence-electron chi connectivity index (χ2n) is 7.26. The largest absolute Gasteiger partial charge is 0.497 e. The Hall–Kier alpha value is -1.26. The van der Waals surface area contributed by atoms with Crippen molar-refractivity contribution in [3.8, 4) is 11.5 Å². The van der Waals surface area contributed by atoms with E-state index in [4.69, 9.17) is 9.47 Å². The van der Waals surface area contributed by atoms with Crippen LogP contribution in [0.1, 0.15) is 37.7 Å². The number of piperazine rings is 1. The van der Waals surface area contributed by atoms with Crippen molar-refractivity contribution in [1.29, 1.82) is 0 Å². The van der Waals surface area contributed by atoms with E-state index in [1.807, 2.05) is 12.1 Å². The van der Waals surface area contributed by atoms with Crippen LogP contribution < -0.4 is 9.47 Å². The van der Waals surface area contributed by atoms with Crippen molar-refractivity contribution in [3.63, 3.8) is 0 Å². The van der Waals surface area contributed by atoms with E-state index >= 15 is 0 Å². The van der Waals surface area contributed by atoms with Crippen LogP contribution in [0.3, 0.4) is 0 Å². The summed E-state index contributed by atoms with van der Waals surface area (Å²) in [6, 6.07) is 6.07. The molecule has 0 N–H and O–H groups in total. The Labute approximate surface area is 146 Å². The smallest absolute Gasteiger partial charge is 0.123 e. The molecular formula is C20H32N2O2. The van der Waals surface area contributed by atoms with E-state index in [0.717, 1.165) is 37.1 Å². The minimum Gasteiger partial charge on any atom is -0.497 e. The van der Waals surface area contributed by atoms with Crippen LogP contribution >= 0.6 is 0 Å². The summed E-state index contributed by atoms with van der Waals surface area (Å²) in [5, 5.41) is 0. The highest BCUT2D eigenvalue weighted by Gasteiger charge is 2.22. The fourth-order valence-electron chi connectivity index (χ4n) is 4.11. The van der Waals surface area contributed by atoms with Crippen LogP contribution in [0.5, 0.6) is 11.5 Å². The predicted octanol–water partition coefficient (Wildman–Crippen LogP) is 3.40. The molecule has 1 aliphatic carbocycles. The number of ether oxygens (including phenoxy) is 2. The summed E-state index contributed by atoms with van der Waals surface area (Å²) in [5.74, 6) is 2.81. The number of hydrogen-bond donors (Lipinski definition) is 0. The van der Waals surface area contributed by atoms with Gasteiger partial charge in [0, 0.05) is 44.8 Å². The number of rotatable bonds is 6. The van der Waals surface area contributed by atoms with Gasteiger partial charge in [0.25, 0.3) is 0 Å².